The fourth-order valence-corrected chi connectivity index (χ4v) is 1.62. The van der Waals surface area contributed by atoms with Crippen LogP contribution in [0, 0.1) is 0 Å². The molecule has 1 aliphatic heterocycles. The molecule has 0 bridgehead atoms. The van der Waals surface area contributed by atoms with Crippen molar-refractivity contribution in [3.8, 4) is 0 Å². The zero-order chi connectivity index (χ0) is 14.6. The number of carbonyl (C=O) groups excluding carboxylic acids is 3. The Bertz CT molecular complexity index is 376. The van der Waals surface area contributed by atoms with E-state index in [-0.39, 0.29) is 0 Å². The molecular formula is C8H14N4O7. The maximum absolute atomic E-state index is 11.8. The Morgan fingerprint density at radius 1 is 1.21 bits per heavy atom. The summed E-state index contributed by atoms with van der Waals surface area (Å²) in [5.74, 6) is -0.983. The third-order valence-corrected chi connectivity index (χ3v) is 2.49. The van der Waals surface area contributed by atoms with Crippen LogP contribution < -0.4 is 5.32 Å². The molecular weight excluding hydrogens is 264 g/mol. The van der Waals surface area contributed by atoms with Gasteiger partial charge >= 0.3 is 12.1 Å². The molecule has 0 aromatic heterocycles. The molecule has 11 nitrogen and oxygen atoms in total. The smallest absolute Gasteiger partial charge is 0.332 e. The minimum atomic E-state index is -1.60. The van der Waals surface area contributed by atoms with Gasteiger partial charge in [-0.3, -0.25) is 14.6 Å². The predicted molar refractivity (Wildman–Crippen MR) is 56.6 cm³/mol. The highest BCUT2D eigenvalue weighted by Crippen LogP contribution is 2.19. The average Bonchev–Trinajstić information content (AvgIpc) is 2.62. The number of rotatable bonds is 5. The van der Waals surface area contributed by atoms with Gasteiger partial charge in [0, 0.05) is 0 Å². The van der Waals surface area contributed by atoms with Crippen LogP contribution in [0.4, 0.5) is 9.59 Å². The van der Waals surface area contributed by atoms with Crippen LogP contribution in [-0.2, 0) is 4.79 Å². The van der Waals surface area contributed by atoms with Crippen molar-refractivity contribution in [3.05, 3.63) is 0 Å². The van der Waals surface area contributed by atoms with Gasteiger partial charge in [-0.05, 0) is 0 Å². The van der Waals surface area contributed by atoms with Gasteiger partial charge in [0.15, 0.2) is 6.17 Å². The summed E-state index contributed by atoms with van der Waals surface area (Å²) in [6.07, 6.45) is -1.60. The fourth-order valence-electron chi connectivity index (χ4n) is 1.62. The summed E-state index contributed by atoms with van der Waals surface area (Å²) in [6, 6.07) is -2.02. The van der Waals surface area contributed by atoms with Crippen molar-refractivity contribution in [1.82, 2.24) is 20.0 Å². The number of nitrogens with one attached hydrogen (secondary N) is 1. The zero-order valence-electron chi connectivity index (χ0n) is 9.76. The van der Waals surface area contributed by atoms with Gasteiger partial charge in [0.25, 0.3) is 5.91 Å². The van der Waals surface area contributed by atoms with E-state index in [9.17, 15) is 14.4 Å². The minimum absolute atomic E-state index is 0.399. The summed E-state index contributed by atoms with van der Waals surface area (Å²) in [5.41, 5.74) is 0. The lowest BCUT2D eigenvalue weighted by molar-refractivity contribution is -0.136. The van der Waals surface area contributed by atoms with Crippen molar-refractivity contribution in [3.63, 3.8) is 0 Å². The van der Waals surface area contributed by atoms with Crippen LogP contribution in [0.15, 0.2) is 0 Å². The van der Waals surface area contributed by atoms with Crippen molar-refractivity contribution in [2.24, 2.45) is 0 Å². The van der Waals surface area contributed by atoms with Gasteiger partial charge < -0.3 is 25.7 Å². The predicted octanol–water partition coefficient (Wildman–Crippen LogP) is -3.61. The molecule has 1 saturated heterocycles. The molecule has 0 radical (unpaired) electrons. The molecule has 0 unspecified atom stereocenters. The van der Waals surface area contributed by atoms with Crippen LogP contribution >= 0.6 is 0 Å². The largest absolute Gasteiger partial charge is 0.376 e. The Hall–Kier alpha value is -1.95. The number of carbonyl (C=O) groups is 3. The standard InChI is InChI=1S/C8H14N4O7/c13-1-9-7(18)10(2-14)5-6(17)12(4-16)8(19)11(5)3-15/h5,13-16H,1-4H2,(H,9,18)/t5-/m0/s1. The second-order valence-corrected chi connectivity index (χ2v) is 3.43. The number of imide groups is 1. The fraction of sp³-hybridized carbons (Fsp3) is 0.625. The summed E-state index contributed by atoms with van der Waals surface area (Å²) in [4.78, 5) is 36.4. The maximum atomic E-state index is 11.8. The first kappa shape index (κ1) is 15.1. The highest BCUT2D eigenvalue weighted by atomic mass is 16.3. The topological polar surface area (TPSA) is 154 Å². The third kappa shape index (κ3) is 2.58. The number of aliphatic hydroxyl groups is 4. The van der Waals surface area contributed by atoms with Gasteiger partial charge in [0.1, 0.15) is 26.9 Å². The van der Waals surface area contributed by atoms with Gasteiger partial charge in [-0.25, -0.2) is 14.5 Å². The SMILES string of the molecule is O=C1[C@@H](N(CO)C(=O)NCO)N(CO)C(=O)N1CO. The van der Waals surface area contributed by atoms with E-state index < -0.39 is 51.1 Å². The number of urea groups is 2. The molecule has 1 fully saturated rings. The number of aliphatic hydroxyl groups excluding tert-OH is 4. The van der Waals surface area contributed by atoms with Gasteiger partial charge in [0.05, 0.1) is 0 Å². The normalized spacial score (nSPS) is 19.1. The van der Waals surface area contributed by atoms with Crippen LogP contribution in [0.2, 0.25) is 0 Å². The molecule has 0 aromatic carbocycles. The molecule has 19 heavy (non-hydrogen) atoms. The Morgan fingerprint density at radius 2 is 1.84 bits per heavy atom. The molecule has 0 aliphatic carbocycles. The van der Waals surface area contributed by atoms with E-state index in [1.165, 1.54) is 0 Å². The van der Waals surface area contributed by atoms with Crippen LogP contribution in [0.3, 0.4) is 0 Å². The van der Waals surface area contributed by atoms with Gasteiger partial charge in [-0.1, -0.05) is 0 Å². The first-order chi connectivity index (χ1) is 9.03. The number of hydrogen-bond acceptors (Lipinski definition) is 7. The summed E-state index contributed by atoms with van der Waals surface area (Å²) in [7, 11) is 0. The molecule has 1 aliphatic rings. The first-order valence-electron chi connectivity index (χ1n) is 5.13. The van der Waals surface area contributed by atoms with E-state index in [2.05, 4.69) is 0 Å². The molecule has 5 amide bonds. The first-order valence-corrected chi connectivity index (χ1v) is 5.13. The Balaban J connectivity index is 3.03. The third-order valence-electron chi connectivity index (χ3n) is 2.49. The summed E-state index contributed by atoms with van der Waals surface area (Å²) < 4.78 is 0. The van der Waals surface area contributed by atoms with E-state index >= 15 is 0 Å². The number of amides is 5. The van der Waals surface area contributed by atoms with Crippen LogP contribution in [0.1, 0.15) is 0 Å². The molecule has 0 saturated carbocycles. The van der Waals surface area contributed by atoms with Crippen LogP contribution in [-0.4, -0.2) is 86.2 Å². The van der Waals surface area contributed by atoms with E-state index in [1.54, 1.807) is 0 Å². The second kappa shape index (κ2) is 6.29. The summed E-state index contributed by atoms with van der Waals surface area (Å²) in [6.45, 7) is -3.50. The van der Waals surface area contributed by atoms with Crippen molar-refractivity contribution in [1.29, 1.82) is 0 Å². The average molecular weight is 278 g/mol. The number of hydrogen-bond donors (Lipinski definition) is 5. The molecule has 0 spiro atoms. The maximum Gasteiger partial charge on any atom is 0.332 e. The minimum Gasteiger partial charge on any atom is -0.376 e. The van der Waals surface area contributed by atoms with Crippen molar-refractivity contribution < 1.29 is 34.8 Å². The second-order valence-electron chi connectivity index (χ2n) is 3.43. The van der Waals surface area contributed by atoms with Crippen LogP contribution in [0.5, 0.6) is 0 Å². The van der Waals surface area contributed by atoms with Crippen LogP contribution in [0.25, 0.3) is 0 Å². The van der Waals surface area contributed by atoms with Gasteiger partial charge in [-0.15, -0.1) is 0 Å². The molecule has 11 heteroatoms. The molecule has 5 N–H and O–H groups in total. The monoisotopic (exact) mass is 278 g/mol. The lowest BCUT2D eigenvalue weighted by atomic mass is 10.4. The van der Waals surface area contributed by atoms with E-state index in [1.807, 2.05) is 5.32 Å². The quantitative estimate of drug-likeness (QED) is 0.257. The van der Waals surface area contributed by atoms with Crippen molar-refractivity contribution >= 4 is 18.0 Å². The summed E-state index contributed by atoms with van der Waals surface area (Å²) in [5, 5.41) is 37.5. The lowest BCUT2D eigenvalue weighted by Gasteiger charge is -2.29. The van der Waals surface area contributed by atoms with Crippen molar-refractivity contribution in [2.45, 2.75) is 6.17 Å². The summed E-state index contributed by atoms with van der Waals surface area (Å²) >= 11 is 0. The molecule has 0 aromatic rings. The Morgan fingerprint density at radius 3 is 2.26 bits per heavy atom. The van der Waals surface area contributed by atoms with E-state index in [0.717, 1.165) is 0 Å². The van der Waals surface area contributed by atoms with E-state index in [4.69, 9.17) is 20.4 Å². The van der Waals surface area contributed by atoms with E-state index in [0.29, 0.717) is 14.7 Å². The Kier molecular flexibility index (Phi) is 5.00. The highest BCUT2D eigenvalue weighted by molar-refractivity contribution is 6.05. The molecule has 1 atom stereocenters. The molecule has 1 rings (SSSR count). The molecule has 1 heterocycles. The molecule has 108 valence electrons. The highest BCUT2D eigenvalue weighted by Gasteiger charge is 2.49. The van der Waals surface area contributed by atoms with Gasteiger partial charge in [-0.2, -0.15) is 0 Å². The number of nitrogens with zero attached hydrogens (tertiary/aromatic N) is 3. The lowest BCUT2D eigenvalue weighted by Crippen LogP contribution is -2.55. The van der Waals surface area contributed by atoms with Crippen molar-refractivity contribution in [2.75, 3.05) is 26.9 Å². The Labute approximate surface area is 107 Å². The zero-order valence-corrected chi connectivity index (χ0v) is 9.76. The van der Waals surface area contributed by atoms with Gasteiger partial charge in [0.2, 0.25) is 0 Å².